The molecule has 1 aromatic heterocycles. The number of ether oxygens (including phenoxy) is 2. The molecule has 4 rings (SSSR count). The molecule has 7 atom stereocenters. The number of halogens is 2. The number of aromatic nitrogens is 3. The van der Waals surface area contributed by atoms with Crippen molar-refractivity contribution in [1.82, 2.24) is 24.8 Å². The SMILES string of the molecule is Nc1ncn([C@H]2C[C@H](O)[C@@H](CO)O2)c(=O)n1.O=C1NC(O)CCN1[C@@H]1O[C@H](CO)[C@@H](O)C1(F)F. The van der Waals surface area contributed by atoms with Crippen LogP contribution in [0.4, 0.5) is 19.5 Å². The van der Waals surface area contributed by atoms with Gasteiger partial charge in [0, 0.05) is 19.4 Å². The number of carbonyl (C=O) groups is 1. The van der Waals surface area contributed by atoms with Crippen molar-refractivity contribution in [2.75, 3.05) is 25.5 Å². The molecule has 3 saturated heterocycles. The molecule has 17 heteroatoms. The van der Waals surface area contributed by atoms with E-state index in [1.165, 1.54) is 6.33 Å². The molecule has 0 spiro atoms. The summed E-state index contributed by atoms with van der Waals surface area (Å²) in [5.74, 6) is -3.79. The van der Waals surface area contributed by atoms with Crippen LogP contribution in [0.2, 0.25) is 0 Å². The standard InChI is InChI=1S/C9H14F2N2O5.C8H12N4O4/c10-9(11)6(16)4(3-14)18-7(9)13-2-1-5(15)12-8(13)17;9-7-10-3-12(8(15)11-7)6-1-4(14)5(2-13)16-6/h4-7,14-16H,1-3H2,(H,12,17);3-6,13-14H,1-2H2,(H2,9,11,15)/t4-,5?,6-,7-;4-,5+,6+/m10/s1. The summed E-state index contributed by atoms with van der Waals surface area (Å²) in [4.78, 5) is 30.7. The molecule has 8 N–H and O–H groups in total. The van der Waals surface area contributed by atoms with Crippen LogP contribution in [0, 0.1) is 0 Å². The van der Waals surface area contributed by atoms with Gasteiger partial charge in [0.2, 0.25) is 12.2 Å². The van der Waals surface area contributed by atoms with Crippen LogP contribution in [0.25, 0.3) is 0 Å². The fourth-order valence-corrected chi connectivity index (χ4v) is 3.64. The predicted octanol–water partition coefficient (Wildman–Crippen LogP) is -3.71. The Bertz CT molecular complexity index is 924. The second kappa shape index (κ2) is 10.4. The molecule has 4 heterocycles. The number of aliphatic hydroxyl groups excluding tert-OH is 5. The van der Waals surface area contributed by atoms with Gasteiger partial charge in [0.25, 0.3) is 0 Å². The third-order valence-electron chi connectivity index (χ3n) is 5.48. The molecular weight excluding hydrogens is 470 g/mol. The van der Waals surface area contributed by atoms with Gasteiger partial charge in [0.15, 0.2) is 6.10 Å². The van der Waals surface area contributed by atoms with Crippen molar-refractivity contribution in [1.29, 1.82) is 0 Å². The highest BCUT2D eigenvalue weighted by molar-refractivity contribution is 5.75. The first-order chi connectivity index (χ1) is 16.0. The molecule has 34 heavy (non-hydrogen) atoms. The maximum absolute atomic E-state index is 13.7. The first-order valence-electron chi connectivity index (χ1n) is 10.2. The Kier molecular flexibility index (Phi) is 7.96. The maximum Gasteiger partial charge on any atom is 0.354 e. The minimum Gasteiger partial charge on any atom is -0.394 e. The number of amides is 2. The van der Waals surface area contributed by atoms with E-state index >= 15 is 0 Å². The minimum atomic E-state index is -3.67. The number of anilines is 1. The van der Waals surface area contributed by atoms with Gasteiger partial charge in [0.1, 0.15) is 31.0 Å². The summed E-state index contributed by atoms with van der Waals surface area (Å²) in [7, 11) is 0. The average molecular weight is 496 g/mol. The molecule has 0 saturated carbocycles. The topological polar surface area (TPSA) is 226 Å². The van der Waals surface area contributed by atoms with Crippen molar-refractivity contribution >= 4 is 12.0 Å². The second-order valence-corrected chi connectivity index (χ2v) is 7.80. The minimum absolute atomic E-state index is 0.0710. The molecule has 0 aromatic carbocycles. The Morgan fingerprint density at radius 2 is 1.85 bits per heavy atom. The Morgan fingerprint density at radius 1 is 1.18 bits per heavy atom. The van der Waals surface area contributed by atoms with E-state index < -0.39 is 67.3 Å². The molecular formula is C17H26F2N6O9. The number of hydrogen-bond acceptors (Lipinski definition) is 12. The van der Waals surface area contributed by atoms with Crippen LogP contribution in [0.1, 0.15) is 19.1 Å². The Balaban J connectivity index is 0.000000192. The largest absolute Gasteiger partial charge is 0.394 e. The third-order valence-corrected chi connectivity index (χ3v) is 5.48. The van der Waals surface area contributed by atoms with Crippen molar-refractivity contribution in [2.24, 2.45) is 0 Å². The number of hydrogen-bond donors (Lipinski definition) is 7. The first-order valence-corrected chi connectivity index (χ1v) is 10.2. The number of carbonyl (C=O) groups excluding carboxylic acids is 1. The molecule has 3 aliphatic rings. The van der Waals surface area contributed by atoms with Crippen LogP contribution in [-0.2, 0) is 9.47 Å². The highest BCUT2D eigenvalue weighted by Gasteiger charge is 2.61. The average Bonchev–Trinajstić information content (AvgIpc) is 3.25. The lowest BCUT2D eigenvalue weighted by atomic mass is 10.1. The first kappa shape index (κ1) is 26.1. The van der Waals surface area contributed by atoms with Gasteiger partial charge in [-0.2, -0.15) is 13.8 Å². The van der Waals surface area contributed by atoms with Crippen molar-refractivity contribution in [2.45, 2.75) is 61.9 Å². The quantitative estimate of drug-likeness (QED) is 0.214. The van der Waals surface area contributed by atoms with Gasteiger partial charge in [-0.05, 0) is 0 Å². The fourth-order valence-electron chi connectivity index (χ4n) is 3.64. The summed E-state index contributed by atoms with van der Waals surface area (Å²) in [5.41, 5.74) is 4.65. The van der Waals surface area contributed by atoms with E-state index in [-0.39, 0.29) is 31.9 Å². The van der Waals surface area contributed by atoms with Gasteiger partial charge >= 0.3 is 17.6 Å². The number of urea groups is 1. The molecule has 0 bridgehead atoms. The van der Waals surface area contributed by atoms with Gasteiger partial charge in [-0.1, -0.05) is 0 Å². The smallest absolute Gasteiger partial charge is 0.354 e. The van der Waals surface area contributed by atoms with Gasteiger partial charge in [-0.3, -0.25) is 9.47 Å². The monoisotopic (exact) mass is 496 g/mol. The van der Waals surface area contributed by atoms with E-state index in [4.69, 9.17) is 30.5 Å². The van der Waals surface area contributed by atoms with Gasteiger partial charge < -0.3 is 46.1 Å². The number of nitrogens with one attached hydrogen (secondary N) is 1. The summed E-state index contributed by atoms with van der Waals surface area (Å²) in [5, 5.41) is 47.7. The van der Waals surface area contributed by atoms with Gasteiger partial charge in [0.05, 0.1) is 19.3 Å². The van der Waals surface area contributed by atoms with E-state index in [0.29, 0.717) is 4.90 Å². The predicted molar refractivity (Wildman–Crippen MR) is 105 cm³/mol. The molecule has 1 unspecified atom stereocenters. The zero-order valence-corrected chi connectivity index (χ0v) is 17.6. The van der Waals surface area contributed by atoms with E-state index in [1.54, 1.807) is 0 Å². The maximum atomic E-state index is 13.7. The summed E-state index contributed by atoms with van der Waals surface area (Å²) in [6.45, 7) is -1.20. The molecule has 0 aliphatic carbocycles. The van der Waals surface area contributed by atoms with Crippen LogP contribution in [0.3, 0.4) is 0 Å². The molecule has 15 nitrogen and oxygen atoms in total. The molecule has 0 radical (unpaired) electrons. The molecule has 1 aromatic rings. The van der Waals surface area contributed by atoms with Crippen molar-refractivity contribution in [3.63, 3.8) is 0 Å². The second-order valence-electron chi connectivity index (χ2n) is 7.80. The summed E-state index contributed by atoms with van der Waals surface area (Å²) >= 11 is 0. The molecule has 3 fully saturated rings. The lowest BCUT2D eigenvalue weighted by molar-refractivity contribution is -0.159. The Hall–Kier alpha value is -2.54. The van der Waals surface area contributed by atoms with Gasteiger partial charge in [-0.15, -0.1) is 0 Å². The summed E-state index contributed by atoms with van der Waals surface area (Å²) in [6, 6.07) is -0.899. The number of nitrogens with zero attached hydrogens (tertiary/aromatic N) is 4. The Labute approximate surface area is 190 Å². The number of aliphatic hydroxyl groups is 5. The fraction of sp³-hybridized carbons (Fsp3) is 0.765. The molecule has 2 amide bonds. The van der Waals surface area contributed by atoms with Crippen LogP contribution >= 0.6 is 0 Å². The van der Waals surface area contributed by atoms with Gasteiger partial charge in [-0.25, -0.2) is 14.6 Å². The number of nitrogens with two attached hydrogens (primary N) is 1. The number of nitrogen functional groups attached to an aromatic ring is 1. The number of rotatable bonds is 4. The summed E-state index contributed by atoms with van der Waals surface area (Å²) in [6.07, 6.45) is -7.31. The molecule has 192 valence electrons. The van der Waals surface area contributed by atoms with Crippen LogP contribution in [-0.4, -0.2) is 114 Å². The van der Waals surface area contributed by atoms with E-state index in [0.717, 1.165) is 4.57 Å². The summed E-state index contributed by atoms with van der Waals surface area (Å²) < 4.78 is 38.7. The Morgan fingerprint density at radius 3 is 2.38 bits per heavy atom. The zero-order chi connectivity index (χ0) is 25.2. The van der Waals surface area contributed by atoms with Crippen LogP contribution in [0.5, 0.6) is 0 Å². The lowest BCUT2D eigenvalue weighted by Crippen LogP contribution is -2.59. The van der Waals surface area contributed by atoms with Crippen LogP contribution in [0.15, 0.2) is 11.1 Å². The van der Waals surface area contributed by atoms with E-state index in [1.807, 2.05) is 0 Å². The molecule has 3 aliphatic heterocycles. The van der Waals surface area contributed by atoms with E-state index in [2.05, 4.69) is 15.3 Å². The van der Waals surface area contributed by atoms with Crippen molar-refractivity contribution in [3.8, 4) is 0 Å². The number of alkyl halides is 2. The highest BCUT2D eigenvalue weighted by atomic mass is 19.3. The van der Waals surface area contributed by atoms with Crippen molar-refractivity contribution in [3.05, 3.63) is 16.8 Å². The van der Waals surface area contributed by atoms with Crippen molar-refractivity contribution < 1.29 is 48.6 Å². The van der Waals surface area contributed by atoms with E-state index in [9.17, 15) is 28.6 Å². The lowest BCUT2D eigenvalue weighted by Gasteiger charge is -2.36. The normalized spacial score (nSPS) is 35.0. The van der Waals surface area contributed by atoms with Crippen LogP contribution < -0.4 is 16.7 Å². The zero-order valence-electron chi connectivity index (χ0n) is 17.6. The third kappa shape index (κ3) is 5.24. The highest BCUT2D eigenvalue weighted by Crippen LogP contribution is 2.38.